The van der Waals surface area contributed by atoms with Crippen LogP contribution in [0.2, 0.25) is 0 Å². The highest BCUT2D eigenvalue weighted by molar-refractivity contribution is 7.18. The van der Waals surface area contributed by atoms with Crippen LogP contribution >= 0.6 is 11.3 Å². The van der Waals surface area contributed by atoms with Crippen molar-refractivity contribution in [3.63, 3.8) is 0 Å². The zero-order valence-corrected chi connectivity index (χ0v) is 21.3. The van der Waals surface area contributed by atoms with E-state index in [-0.39, 0.29) is 0 Å². The highest BCUT2D eigenvalue weighted by atomic mass is 32.1. The van der Waals surface area contributed by atoms with Crippen molar-refractivity contribution < 1.29 is 0 Å². The Hall–Kier alpha value is -2.74. The summed E-state index contributed by atoms with van der Waals surface area (Å²) >= 11 is 1.89. The standard InChI is InChI=1S/C29H32N6S/c1-3-20(30-11-1)28-32-14-22(34-28)18-7-8-19(27-17-6-5-16(13-17)26(18)27)24-9-10-25(36-24)23-15-33-29(35-23)21-4-2-12-31-21/h7-10,14-17,20-21,30-31H,1-6,11-13H2,(H,32,34)(H,33,35)/t16-,17-,20-,21-/m0/s1. The molecule has 1 aromatic carbocycles. The van der Waals surface area contributed by atoms with Crippen molar-refractivity contribution in [3.05, 3.63) is 59.4 Å². The number of rotatable bonds is 5. The summed E-state index contributed by atoms with van der Waals surface area (Å²) in [5.41, 5.74) is 8.32. The fraction of sp³-hybridized carbons (Fsp3) is 0.448. The van der Waals surface area contributed by atoms with Crippen molar-refractivity contribution in [1.82, 2.24) is 30.6 Å². The van der Waals surface area contributed by atoms with Gasteiger partial charge in [0.1, 0.15) is 11.6 Å². The lowest BCUT2D eigenvalue weighted by Crippen LogP contribution is -2.14. The van der Waals surface area contributed by atoms with E-state index in [1.54, 1.807) is 11.1 Å². The first-order valence-corrected chi connectivity index (χ1v) is 14.5. The van der Waals surface area contributed by atoms with Crippen LogP contribution in [0.3, 0.4) is 0 Å². The van der Waals surface area contributed by atoms with Crippen molar-refractivity contribution in [2.24, 2.45) is 0 Å². The largest absolute Gasteiger partial charge is 0.341 e. The van der Waals surface area contributed by atoms with Gasteiger partial charge in [-0.05, 0) is 98.7 Å². The number of hydrogen-bond donors (Lipinski definition) is 4. The molecule has 5 heterocycles. The van der Waals surface area contributed by atoms with Gasteiger partial charge >= 0.3 is 0 Å². The van der Waals surface area contributed by atoms with E-state index in [9.17, 15) is 0 Å². The number of hydrogen-bond acceptors (Lipinski definition) is 5. The van der Waals surface area contributed by atoms with Gasteiger partial charge in [0.25, 0.3) is 0 Å². The van der Waals surface area contributed by atoms with Gasteiger partial charge in [-0.3, -0.25) is 0 Å². The zero-order chi connectivity index (χ0) is 23.6. The molecule has 2 saturated heterocycles. The van der Waals surface area contributed by atoms with Crippen LogP contribution in [0.4, 0.5) is 0 Å². The molecular weight excluding hydrogens is 464 g/mol. The Labute approximate surface area is 215 Å². The first kappa shape index (κ1) is 21.4. The third-order valence-electron chi connectivity index (χ3n) is 8.94. The molecular formula is C29H32N6S. The molecule has 6 nitrogen and oxygen atoms in total. The second kappa shape index (κ2) is 8.40. The molecule has 4 aliphatic rings. The predicted octanol–water partition coefficient (Wildman–Crippen LogP) is 6.41. The molecule has 7 heteroatoms. The summed E-state index contributed by atoms with van der Waals surface area (Å²) in [5, 5.41) is 7.13. The van der Waals surface area contributed by atoms with Gasteiger partial charge in [0, 0.05) is 10.4 Å². The van der Waals surface area contributed by atoms with Crippen molar-refractivity contribution in [3.8, 4) is 32.3 Å². The van der Waals surface area contributed by atoms with Crippen molar-refractivity contribution in [1.29, 1.82) is 0 Å². The number of H-pyrrole nitrogens is 2. The third-order valence-corrected chi connectivity index (χ3v) is 10.1. The molecule has 0 spiro atoms. The van der Waals surface area contributed by atoms with Crippen LogP contribution in [0.1, 0.15) is 91.6 Å². The van der Waals surface area contributed by atoms with E-state index in [0.717, 1.165) is 30.4 Å². The minimum Gasteiger partial charge on any atom is -0.341 e. The molecule has 2 aliphatic carbocycles. The fourth-order valence-electron chi connectivity index (χ4n) is 7.22. The van der Waals surface area contributed by atoms with E-state index in [1.165, 1.54) is 71.5 Å². The summed E-state index contributed by atoms with van der Waals surface area (Å²) in [4.78, 5) is 19.4. The monoisotopic (exact) mass is 496 g/mol. The number of imidazole rings is 2. The third kappa shape index (κ3) is 3.36. The second-order valence-electron chi connectivity index (χ2n) is 11.0. The Morgan fingerprint density at radius 3 is 1.97 bits per heavy atom. The minimum atomic E-state index is 0.372. The SMILES string of the molecule is c1nc([C@@H]2CCCN2)[nH]c1-c1ccc(-c2ccc(-c3cnc([C@@H]4CCCN4)[nH]3)c3c2[C@H]2CC[C@H]3C2)s1. The summed E-state index contributed by atoms with van der Waals surface area (Å²) in [6, 6.07) is 10.1. The highest BCUT2D eigenvalue weighted by Gasteiger charge is 2.40. The van der Waals surface area contributed by atoms with Gasteiger partial charge in [-0.15, -0.1) is 11.3 Å². The molecule has 4 aromatic rings. The summed E-state index contributed by atoms with van der Waals surface area (Å²) in [6.07, 6.45) is 12.8. The number of thiophene rings is 1. The molecule has 2 bridgehead atoms. The van der Waals surface area contributed by atoms with Crippen LogP contribution in [-0.4, -0.2) is 33.0 Å². The molecule has 3 fully saturated rings. The van der Waals surface area contributed by atoms with E-state index in [4.69, 9.17) is 9.97 Å². The summed E-state index contributed by atoms with van der Waals surface area (Å²) in [6.45, 7) is 2.18. The zero-order valence-electron chi connectivity index (χ0n) is 20.4. The average molecular weight is 497 g/mol. The van der Waals surface area contributed by atoms with Crippen LogP contribution in [0.25, 0.3) is 32.3 Å². The van der Waals surface area contributed by atoms with Crippen LogP contribution in [0.5, 0.6) is 0 Å². The Bertz CT molecular complexity index is 1420. The van der Waals surface area contributed by atoms with Gasteiger partial charge in [-0.25, -0.2) is 9.97 Å². The molecule has 0 unspecified atom stereocenters. The smallest absolute Gasteiger partial charge is 0.123 e. The Kier molecular flexibility index (Phi) is 4.98. The molecule has 0 radical (unpaired) electrons. The molecule has 184 valence electrons. The van der Waals surface area contributed by atoms with Crippen molar-refractivity contribution in [2.45, 2.75) is 68.9 Å². The molecule has 4 atom stereocenters. The molecule has 4 N–H and O–H groups in total. The Morgan fingerprint density at radius 1 is 0.667 bits per heavy atom. The van der Waals surface area contributed by atoms with E-state index in [0.29, 0.717) is 23.9 Å². The summed E-state index contributed by atoms with van der Waals surface area (Å²) < 4.78 is 0. The van der Waals surface area contributed by atoms with Gasteiger partial charge in [-0.1, -0.05) is 12.1 Å². The van der Waals surface area contributed by atoms with E-state index < -0.39 is 0 Å². The van der Waals surface area contributed by atoms with Gasteiger partial charge in [0.05, 0.1) is 40.7 Å². The summed E-state index contributed by atoms with van der Waals surface area (Å²) in [7, 11) is 0. The van der Waals surface area contributed by atoms with Crippen LogP contribution in [0, 0.1) is 0 Å². The molecule has 36 heavy (non-hydrogen) atoms. The molecule has 0 amide bonds. The number of fused-ring (bicyclic) bond motifs is 5. The van der Waals surface area contributed by atoms with Crippen LogP contribution < -0.4 is 10.6 Å². The van der Waals surface area contributed by atoms with Crippen molar-refractivity contribution >= 4 is 11.3 Å². The fourth-order valence-corrected chi connectivity index (χ4v) is 8.24. The maximum atomic E-state index is 4.78. The first-order valence-electron chi connectivity index (χ1n) is 13.7. The Balaban J connectivity index is 1.15. The normalized spacial score (nSPS) is 26.8. The number of aromatic nitrogens is 4. The van der Waals surface area contributed by atoms with Crippen LogP contribution in [0.15, 0.2) is 36.7 Å². The lowest BCUT2D eigenvalue weighted by Gasteiger charge is -2.21. The van der Waals surface area contributed by atoms with Gasteiger partial charge in [0.15, 0.2) is 0 Å². The number of aromatic amines is 2. The lowest BCUT2D eigenvalue weighted by atomic mass is 9.84. The summed E-state index contributed by atoms with van der Waals surface area (Å²) in [5.74, 6) is 3.55. The number of nitrogens with one attached hydrogen (secondary N) is 4. The second-order valence-corrected chi connectivity index (χ2v) is 12.1. The lowest BCUT2D eigenvalue weighted by molar-refractivity contribution is 0.613. The number of nitrogens with zero attached hydrogens (tertiary/aromatic N) is 2. The van der Waals surface area contributed by atoms with Gasteiger partial charge in [0.2, 0.25) is 0 Å². The first-order chi connectivity index (χ1) is 17.8. The number of benzene rings is 1. The van der Waals surface area contributed by atoms with E-state index in [1.807, 2.05) is 17.5 Å². The van der Waals surface area contributed by atoms with Crippen molar-refractivity contribution in [2.75, 3.05) is 13.1 Å². The maximum absolute atomic E-state index is 4.78. The van der Waals surface area contributed by atoms with Gasteiger partial charge < -0.3 is 20.6 Å². The molecule has 1 saturated carbocycles. The molecule has 3 aromatic heterocycles. The average Bonchev–Trinajstić information content (AvgIpc) is 3.77. The molecule has 2 aliphatic heterocycles. The quantitative estimate of drug-likeness (QED) is 0.257. The maximum Gasteiger partial charge on any atom is 0.123 e. The van der Waals surface area contributed by atoms with E-state index in [2.05, 4.69) is 51.1 Å². The van der Waals surface area contributed by atoms with Crippen LogP contribution in [-0.2, 0) is 0 Å². The van der Waals surface area contributed by atoms with E-state index >= 15 is 0 Å². The topological polar surface area (TPSA) is 81.4 Å². The Morgan fingerprint density at radius 2 is 1.28 bits per heavy atom. The highest BCUT2D eigenvalue weighted by Crippen LogP contribution is 2.58. The minimum absolute atomic E-state index is 0.372. The predicted molar refractivity (Wildman–Crippen MR) is 144 cm³/mol. The van der Waals surface area contributed by atoms with Gasteiger partial charge in [-0.2, -0.15) is 0 Å². The molecule has 8 rings (SSSR count).